The van der Waals surface area contributed by atoms with Crippen molar-refractivity contribution in [3.05, 3.63) is 59.2 Å². The molecule has 29 heavy (non-hydrogen) atoms. The maximum atomic E-state index is 12.3. The van der Waals surface area contributed by atoms with Gasteiger partial charge in [-0.05, 0) is 67.6 Å². The Morgan fingerprint density at radius 1 is 0.966 bits per heavy atom. The number of Topliss-reactive ketones (excluding diaryl/α,β-unsaturated/α-hetero) is 1. The molecule has 0 fully saturated rings. The highest BCUT2D eigenvalue weighted by molar-refractivity contribution is 5.98. The molecular weight excluding hydrogens is 370 g/mol. The average molecular weight is 395 g/mol. The molecule has 0 heterocycles. The van der Waals surface area contributed by atoms with Gasteiger partial charge in [0.1, 0.15) is 5.75 Å². The number of ether oxygens (including phenoxy) is 2. The molecule has 1 aliphatic carbocycles. The Kier molecular flexibility index (Phi) is 7.00. The highest BCUT2D eigenvalue weighted by Gasteiger charge is 2.16. The summed E-state index contributed by atoms with van der Waals surface area (Å²) in [4.78, 5) is 36.1. The molecular formula is C23H25NO5. The Labute approximate surface area is 170 Å². The number of benzene rings is 2. The summed E-state index contributed by atoms with van der Waals surface area (Å²) in [5.41, 5.74) is 3.75. The predicted molar refractivity (Wildman–Crippen MR) is 109 cm³/mol. The number of fused-ring (bicyclic) bond motifs is 1. The molecule has 0 atom stereocenters. The summed E-state index contributed by atoms with van der Waals surface area (Å²) in [6, 6.07) is 12.7. The van der Waals surface area contributed by atoms with E-state index in [1.54, 1.807) is 24.3 Å². The van der Waals surface area contributed by atoms with E-state index in [1.165, 1.54) is 11.1 Å². The van der Waals surface area contributed by atoms with Crippen LogP contribution in [-0.2, 0) is 27.2 Å². The smallest absolute Gasteiger partial charge is 0.306 e. The van der Waals surface area contributed by atoms with Crippen LogP contribution in [0, 0.1) is 0 Å². The second kappa shape index (κ2) is 9.87. The first-order chi connectivity index (χ1) is 14.0. The SMILES string of the molecule is CCOc1ccc(NC(=O)COC(=O)CCC(=O)c2ccc3c(c2)CCC3)cc1. The topological polar surface area (TPSA) is 81.7 Å². The molecule has 0 radical (unpaired) electrons. The van der Waals surface area contributed by atoms with Crippen LogP contribution >= 0.6 is 0 Å². The number of esters is 1. The van der Waals surface area contributed by atoms with Gasteiger partial charge in [0, 0.05) is 17.7 Å². The highest BCUT2D eigenvalue weighted by Crippen LogP contribution is 2.23. The molecule has 0 unspecified atom stereocenters. The van der Waals surface area contributed by atoms with E-state index in [2.05, 4.69) is 5.32 Å². The van der Waals surface area contributed by atoms with Crippen molar-refractivity contribution in [2.45, 2.75) is 39.0 Å². The minimum Gasteiger partial charge on any atom is -0.494 e. The highest BCUT2D eigenvalue weighted by atomic mass is 16.5. The second-order valence-corrected chi connectivity index (χ2v) is 6.93. The fraction of sp³-hybridized carbons (Fsp3) is 0.348. The number of carbonyl (C=O) groups is 3. The maximum absolute atomic E-state index is 12.3. The second-order valence-electron chi connectivity index (χ2n) is 6.93. The van der Waals surface area contributed by atoms with Gasteiger partial charge in [0.2, 0.25) is 0 Å². The molecule has 2 aromatic rings. The third-order valence-electron chi connectivity index (χ3n) is 4.79. The summed E-state index contributed by atoms with van der Waals surface area (Å²) in [7, 11) is 0. The van der Waals surface area contributed by atoms with Crippen LogP contribution in [0.3, 0.4) is 0 Å². The lowest BCUT2D eigenvalue weighted by Crippen LogP contribution is -2.21. The van der Waals surface area contributed by atoms with Gasteiger partial charge in [-0.3, -0.25) is 14.4 Å². The van der Waals surface area contributed by atoms with Crippen LogP contribution in [-0.4, -0.2) is 30.9 Å². The number of hydrogen-bond acceptors (Lipinski definition) is 5. The lowest BCUT2D eigenvalue weighted by atomic mass is 10.0. The molecule has 6 heteroatoms. The van der Waals surface area contributed by atoms with E-state index in [0.29, 0.717) is 23.6 Å². The van der Waals surface area contributed by atoms with Gasteiger partial charge in [-0.25, -0.2) is 0 Å². The van der Waals surface area contributed by atoms with Crippen LogP contribution < -0.4 is 10.1 Å². The normalized spacial score (nSPS) is 12.2. The van der Waals surface area contributed by atoms with Crippen molar-refractivity contribution in [2.75, 3.05) is 18.5 Å². The summed E-state index contributed by atoms with van der Waals surface area (Å²) >= 11 is 0. The Morgan fingerprint density at radius 2 is 1.72 bits per heavy atom. The summed E-state index contributed by atoms with van der Waals surface area (Å²) < 4.78 is 10.3. The molecule has 1 N–H and O–H groups in total. The van der Waals surface area contributed by atoms with Crippen LogP contribution in [0.2, 0.25) is 0 Å². The number of ketones is 1. The van der Waals surface area contributed by atoms with Crippen molar-refractivity contribution < 1.29 is 23.9 Å². The van der Waals surface area contributed by atoms with Crippen LogP contribution in [0.15, 0.2) is 42.5 Å². The first-order valence-electron chi connectivity index (χ1n) is 9.88. The van der Waals surface area contributed by atoms with E-state index in [1.807, 2.05) is 25.1 Å². The molecule has 0 bridgehead atoms. The zero-order chi connectivity index (χ0) is 20.6. The van der Waals surface area contributed by atoms with E-state index in [9.17, 15) is 14.4 Å². The molecule has 0 spiro atoms. The summed E-state index contributed by atoms with van der Waals surface area (Å²) in [6.07, 6.45) is 3.21. The number of hydrogen-bond donors (Lipinski definition) is 1. The zero-order valence-electron chi connectivity index (χ0n) is 16.5. The van der Waals surface area contributed by atoms with Crippen LogP contribution in [0.4, 0.5) is 5.69 Å². The van der Waals surface area contributed by atoms with Crippen LogP contribution in [0.1, 0.15) is 47.7 Å². The number of carbonyl (C=O) groups excluding carboxylic acids is 3. The largest absolute Gasteiger partial charge is 0.494 e. The van der Waals surface area contributed by atoms with E-state index >= 15 is 0 Å². The Balaban J connectivity index is 1.39. The van der Waals surface area contributed by atoms with E-state index in [0.717, 1.165) is 19.3 Å². The molecule has 0 saturated heterocycles. The Bertz CT molecular complexity index is 889. The quantitative estimate of drug-likeness (QED) is 0.517. The van der Waals surface area contributed by atoms with Crippen LogP contribution in [0.25, 0.3) is 0 Å². The molecule has 0 aliphatic heterocycles. The van der Waals surface area contributed by atoms with Crippen LogP contribution in [0.5, 0.6) is 5.75 Å². The monoisotopic (exact) mass is 395 g/mol. The van der Waals surface area contributed by atoms with Crippen molar-refractivity contribution in [1.82, 2.24) is 0 Å². The van der Waals surface area contributed by atoms with Gasteiger partial charge in [-0.1, -0.05) is 12.1 Å². The third kappa shape index (κ3) is 5.91. The minimum atomic E-state index is -0.568. The Morgan fingerprint density at radius 3 is 2.48 bits per heavy atom. The fourth-order valence-electron chi connectivity index (χ4n) is 3.32. The minimum absolute atomic E-state index is 0.0494. The summed E-state index contributed by atoms with van der Waals surface area (Å²) in [5.74, 6) is -0.380. The molecule has 152 valence electrons. The average Bonchev–Trinajstić information content (AvgIpc) is 3.20. The van der Waals surface area contributed by atoms with Crippen molar-refractivity contribution in [2.24, 2.45) is 0 Å². The van der Waals surface area contributed by atoms with Crippen molar-refractivity contribution >= 4 is 23.3 Å². The molecule has 0 saturated carbocycles. The number of amides is 1. The molecule has 1 aliphatic rings. The van der Waals surface area contributed by atoms with E-state index in [-0.39, 0.29) is 25.2 Å². The zero-order valence-corrected chi connectivity index (χ0v) is 16.5. The molecule has 0 aromatic heterocycles. The number of nitrogens with one attached hydrogen (secondary N) is 1. The van der Waals surface area contributed by atoms with Gasteiger partial charge in [0.15, 0.2) is 12.4 Å². The molecule has 3 rings (SSSR count). The van der Waals surface area contributed by atoms with Gasteiger partial charge in [0.25, 0.3) is 5.91 Å². The molecule has 2 aromatic carbocycles. The van der Waals surface area contributed by atoms with Gasteiger partial charge in [-0.2, -0.15) is 0 Å². The van der Waals surface area contributed by atoms with Gasteiger partial charge in [0.05, 0.1) is 13.0 Å². The van der Waals surface area contributed by atoms with E-state index in [4.69, 9.17) is 9.47 Å². The van der Waals surface area contributed by atoms with E-state index < -0.39 is 11.9 Å². The predicted octanol–water partition coefficient (Wildman–Crippen LogP) is 3.72. The van der Waals surface area contributed by atoms with Crippen molar-refractivity contribution in [3.8, 4) is 5.75 Å². The van der Waals surface area contributed by atoms with Crippen molar-refractivity contribution in [3.63, 3.8) is 0 Å². The van der Waals surface area contributed by atoms with Crippen molar-refractivity contribution in [1.29, 1.82) is 0 Å². The molecule has 6 nitrogen and oxygen atoms in total. The standard InChI is InChI=1S/C23H25NO5/c1-2-28-20-10-8-19(9-11-20)24-22(26)15-29-23(27)13-12-21(25)18-7-6-16-4-3-5-17(16)14-18/h6-11,14H,2-5,12-13,15H2,1H3,(H,24,26). The first-order valence-corrected chi connectivity index (χ1v) is 9.88. The fourth-order valence-corrected chi connectivity index (χ4v) is 3.32. The Hall–Kier alpha value is -3.15. The summed E-state index contributed by atoms with van der Waals surface area (Å²) in [6.45, 7) is 2.07. The molecule has 1 amide bonds. The number of rotatable bonds is 9. The third-order valence-corrected chi connectivity index (χ3v) is 4.79. The maximum Gasteiger partial charge on any atom is 0.306 e. The first kappa shape index (κ1) is 20.6. The lowest BCUT2D eigenvalue weighted by Gasteiger charge is -2.08. The summed E-state index contributed by atoms with van der Waals surface area (Å²) in [5, 5.41) is 2.64. The number of aryl methyl sites for hydroxylation is 2. The van der Waals surface area contributed by atoms with Gasteiger partial charge >= 0.3 is 5.97 Å². The van der Waals surface area contributed by atoms with Gasteiger partial charge < -0.3 is 14.8 Å². The number of anilines is 1. The van der Waals surface area contributed by atoms with Gasteiger partial charge in [-0.15, -0.1) is 0 Å². The lowest BCUT2D eigenvalue weighted by molar-refractivity contribution is -0.147.